The van der Waals surface area contributed by atoms with E-state index in [0.29, 0.717) is 10.9 Å². The van der Waals surface area contributed by atoms with Gasteiger partial charge in [-0.25, -0.2) is 0 Å². The molecule has 0 aliphatic rings. The molecule has 0 heterocycles. The first-order valence-corrected chi connectivity index (χ1v) is 6.14. The van der Waals surface area contributed by atoms with Crippen LogP contribution in [-0.4, -0.2) is 7.11 Å². The monoisotopic (exact) mass is 266 g/mol. The highest BCUT2D eigenvalue weighted by atomic mass is 35.5. The molecule has 3 heteroatoms. The Morgan fingerprint density at radius 1 is 1.12 bits per heavy atom. The molecule has 2 aromatic rings. The number of hydrogen-bond acceptors (Lipinski definition) is 1. The zero-order valence-electron chi connectivity index (χ0n) is 9.41. The van der Waals surface area contributed by atoms with E-state index in [4.69, 9.17) is 27.9 Å². The van der Waals surface area contributed by atoms with Crippen molar-refractivity contribution < 1.29 is 4.74 Å². The minimum Gasteiger partial charge on any atom is -0.496 e. The summed E-state index contributed by atoms with van der Waals surface area (Å²) in [7, 11) is 1.66. The first-order chi connectivity index (χ1) is 8.24. The third-order valence-corrected chi connectivity index (χ3v) is 3.10. The average molecular weight is 267 g/mol. The van der Waals surface area contributed by atoms with E-state index >= 15 is 0 Å². The van der Waals surface area contributed by atoms with E-state index in [-0.39, 0.29) is 0 Å². The minimum atomic E-state index is 0.484. The highest BCUT2D eigenvalue weighted by Crippen LogP contribution is 2.32. The Morgan fingerprint density at radius 2 is 1.94 bits per heavy atom. The van der Waals surface area contributed by atoms with Crippen LogP contribution in [0.1, 0.15) is 5.56 Å². The highest BCUT2D eigenvalue weighted by molar-refractivity contribution is 6.30. The molecule has 1 nitrogen and oxygen atoms in total. The Kier molecular flexibility index (Phi) is 3.93. The summed E-state index contributed by atoms with van der Waals surface area (Å²) >= 11 is 11.8. The smallest absolute Gasteiger partial charge is 0.126 e. The van der Waals surface area contributed by atoms with Gasteiger partial charge in [-0.05, 0) is 35.4 Å². The van der Waals surface area contributed by atoms with Gasteiger partial charge in [-0.3, -0.25) is 0 Å². The lowest BCUT2D eigenvalue weighted by Crippen LogP contribution is -1.89. The van der Waals surface area contributed by atoms with Crippen molar-refractivity contribution in [2.45, 2.75) is 5.88 Å². The number of methoxy groups -OCH3 is 1. The Hall–Kier alpha value is -1.18. The van der Waals surface area contributed by atoms with Crippen LogP contribution in [0.2, 0.25) is 5.02 Å². The third kappa shape index (κ3) is 2.74. The summed E-state index contributed by atoms with van der Waals surface area (Å²) in [6.45, 7) is 0. The van der Waals surface area contributed by atoms with Crippen LogP contribution in [-0.2, 0) is 5.88 Å². The summed E-state index contributed by atoms with van der Waals surface area (Å²) in [5.41, 5.74) is 3.09. The van der Waals surface area contributed by atoms with Crippen LogP contribution in [0.3, 0.4) is 0 Å². The molecule has 0 aliphatic heterocycles. The van der Waals surface area contributed by atoms with Crippen LogP contribution >= 0.6 is 23.2 Å². The molecule has 0 fully saturated rings. The summed E-state index contributed by atoms with van der Waals surface area (Å²) in [5, 5.41) is 0.709. The number of ether oxygens (including phenoxy) is 1. The molecule has 0 unspecified atom stereocenters. The van der Waals surface area contributed by atoms with Crippen molar-refractivity contribution in [3.8, 4) is 16.9 Å². The lowest BCUT2D eigenvalue weighted by molar-refractivity contribution is 0.416. The van der Waals surface area contributed by atoms with Crippen LogP contribution in [0, 0.1) is 0 Å². The highest BCUT2D eigenvalue weighted by Gasteiger charge is 2.07. The Bertz CT molecular complexity index is 523. The predicted molar refractivity (Wildman–Crippen MR) is 73.0 cm³/mol. The zero-order valence-corrected chi connectivity index (χ0v) is 10.9. The summed E-state index contributed by atoms with van der Waals surface area (Å²) < 4.78 is 5.35. The quantitative estimate of drug-likeness (QED) is 0.729. The van der Waals surface area contributed by atoms with Crippen molar-refractivity contribution in [3.63, 3.8) is 0 Å². The molecule has 0 amide bonds. The minimum absolute atomic E-state index is 0.484. The molecule has 2 rings (SSSR count). The number of rotatable bonds is 3. The van der Waals surface area contributed by atoms with Gasteiger partial charge >= 0.3 is 0 Å². The largest absolute Gasteiger partial charge is 0.496 e. The third-order valence-electron chi connectivity index (χ3n) is 2.55. The van der Waals surface area contributed by atoms with Crippen molar-refractivity contribution >= 4 is 23.2 Å². The molecule has 17 heavy (non-hydrogen) atoms. The lowest BCUT2D eigenvalue weighted by Gasteiger charge is -2.10. The summed E-state index contributed by atoms with van der Waals surface area (Å²) in [6.07, 6.45) is 0. The van der Waals surface area contributed by atoms with Crippen molar-refractivity contribution in [2.24, 2.45) is 0 Å². The van der Waals surface area contributed by atoms with Gasteiger partial charge in [0.15, 0.2) is 0 Å². The maximum Gasteiger partial charge on any atom is 0.126 e. The maximum absolute atomic E-state index is 6.00. The van der Waals surface area contributed by atoms with E-state index in [0.717, 1.165) is 22.4 Å². The van der Waals surface area contributed by atoms with Crippen molar-refractivity contribution in [1.82, 2.24) is 0 Å². The maximum atomic E-state index is 6.00. The first-order valence-electron chi connectivity index (χ1n) is 5.23. The molecule has 0 N–H and O–H groups in total. The van der Waals surface area contributed by atoms with Gasteiger partial charge in [0.1, 0.15) is 5.75 Å². The van der Waals surface area contributed by atoms with Crippen molar-refractivity contribution in [2.75, 3.05) is 7.11 Å². The second kappa shape index (κ2) is 5.44. The standard InChI is InChI=1S/C14H12Cl2O/c1-17-14-6-5-10(9-15)7-13(14)11-3-2-4-12(16)8-11/h2-8H,9H2,1H3. The fourth-order valence-corrected chi connectivity index (χ4v) is 2.08. The van der Waals surface area contributed by atoms with E-state index < -0.39 is 0 Å². The van der Waals surface area contributed by atoms with E-state index in [1.807, 2.05) is 42.5 Å². The van der Waals surface area contributed by atoms with Gasteiger partial charge in [-0.1, -0.05) is 29.8 Å². The molecule has 0 radical (unpaired) electrons. The normalized spacial score (nSPS) is 10.3. The molecule has 0 saturated carbocycles. The van der Waals surface area contributed by atoms with Gasteiger partial charge < -0.3 is 4.74 Å². The second-order valence-corrected chi connectivity index (χ2v) is 4.38. The summed E-state index contributed by atoms with van der Waals surface area (Å²) in [6, 6.07) is 13.6. The zero-order chi connectivity index (χ0) is 12.3. The Labute approximate surface area is 111 Å². The van der Waals surface area contributed by atoms with Gasteiger partial charge in [0, 0.05) is 16.5 Å². The van der Waals surface area contributed by atoms with Crippen molar-refractivity contribution in [1.29, 1.82) is 0 Å². The Morgan fingerprint density at radius 3 is 2.59 bits per heavy atom. The summed E-state index contributed by atoms with van der Waals surface area (Å²) in [4.78, 5) is 0. The van der Waals surface area contributed by atoms with Crippen LogP contribution in [0.5, 0.6) is 5.75 Å². The van der Waals surface area contributed by atoms with E-state index in [9.17, 15) is 0 Å². The average Bonchev–Trinajstić information content (AvgIpc) is 2.38. The van der Waals surface area contributed by atoms with Crippen molar-refractivity contribution in [3.05, 3.63) is 53.1 Å². The van der Waals surface area contributed by atoms with E-state index in [1.165, 1.54) is 0 Å². The molecular formula is C14H12Cl2O. The van der Waals surface area contributed by atoms with Gasteiger partial charge in [-0.2, -0.15) is 0 Å². The molecule has 0 aliphatic carbocycles. The molecule has 0 aromatic heterocycles. The number of halogens is 2. The molecule has 0 saturated heterocycles. The molecule has 0 bridgehead atoms. The van der Waals surface area contributed by atoms with Crippen LogP contribution < -0.4 is 4.74 Å². The fraction of sp³-hybridized carbons (Fsp3) is 0.143. The predicted octanol–water partition coefficient (Wildman–Crippen LogP) is 4.75. The molecule has 2 aromatic carbocycles. The first kappa shape index (κ1) is 12.3. The fourth-order valence-electron chi connectivity index (χ4n) is 1.72. The van der Waals surface area contributed by atoms with Gasteiger partial charge in [0.2, 0.25) is 0 Å². The number of hydrogen-bond donors (Lipinski definition) is 0. The topological polar surface area (TPSA) is 9.23 Å². The summed E-state index contributed by atoms with van der Waals surface area (Å²) in [5.74, 6) is 1.30. The lowest BCUT2D eigenvalue weighted by atomic mass is 10.0. The number of alkyl halides is 1. The van der Waals surface area contributed by atoms with E-state index in [2.05, 4.69) is 0 Å². The second-order valence-electron chi connectivity index (χ2n) is 3.68. The SMILES string of the molecule is COc1ccc(CCl)cc1-c1cccc(Cl)c1. The van der Waals surface area contributed by atoms with Gasteiger partial charge in [-0.15, -0.1) is 11.6 Å². The van der Waals surface area contributed by atoms with E-state index in [1.54, 1.807) is 7.11 Å². The number of benzene rings is 2. The Balaban J connectivity index is 2.56. The molecule has 88 valence electrons. The van der Waals surface area contributed by atoms with Crippen LogP contribution in [0.4, 0.5) is 0 Å². The molecule has 0 atom stereocenters. The van der Waals surface area contributed by atoms with Crippen LogP contribution in [0.15, 0.2) is 42.5 Å². The van der Waals surface area contributed by atoms with Crippen LogP contribution in [0.25, 0.3) is 11.1 Å². The van der Waals surface area contributed by atoms with Gasteiger partial charge in [0.25, 0.3) is 0 Å². The molecule has 0 spiro atoms. The van der Waals surface area contributed by atoms with Gasteiger partial charge in [0.05, 0.1) is 7.11 Å². The molecular weight excluding hydrogens is 255 g/mol.